The van der Waals surface area contributed by atoms with Gasteiger partial charge in [0.1, 0.15) is 12.1 Å². The summed E-state index contributed by atoms with van der Waals surface area (Å²) in [5, 5.41) is 28.8. The molecule has 6 nitrogen and oxygen atoms in total. The third-order valence-corrected chi connectivity index (χ3v) is 1.87. The van der Waals surface area contributed by atoms with Gasteiger partial charge in [0.05, 0.1) is 12.1 Å². The van der Waals surface area contributed by atoms with E-state index in [9.17, 15) is 20.1 Å². The van der Waals surface area contributed by atoms with Gasteiger partial charge < -0.3 is 25.8 Å². The van der Waals surface area contributed by atoms with Crippen LogP contribution in [0.2, 0.25) is 0 Å². The van der Waals surface area contributed by atoms with E-state index in [0.29, 0.717) is 0 Å². The molecule has 0 saturated heterocycles. The highest BCUT2D eigenvalue weighted by Gasteiger charge is 2.25. The molecule has 0 fully saturated rings. The molecule has 1 aromatic rings. The number of aliphatic hydroxyl groups is 1. The van der Waals surface area contributed by atoms with Crippen LogP contribution in [0.1, 0.15) is 24.1 Å². The van der Waals surface area contributed by atoms with Gasteiger partial charge in [0, 0.05) is 0 Å². The molecule has 0 saturated carbocycles. The second kappa shape index (κ2) is 5.51. The number of aliphatic hydroxyl groups excluding tert-OH is 1. The van der Waals surface area contributed by atoms with Crippen LogP contribution in [-0.2, 0) is 9.53 Å². The average molecular weight is 245 g/mol. The summed E-state index contributed by atoms with van der Waals surface area (Å²) in [4.78, 5) is 11.6. The lowest BCUT2D eigenvalue weighted by molar-refractivity contribution is -0.147. The van der Waals surface area contributed by atoms with Crippen LogP contribution in [-0.4, -0.2) is 33.9 Å². The van der Waals surface area contributed by atoms with Crippen LogP contribution in [0.15, 0.2) is 18.1 Å². The molecule has 0 unspecified atom stereocenters. The summed E-state index contributed by atoms with van der Waals surface area (Å²) >= 11 is 0. The van der Waals surface area contributed by atoms with Crippen molar-refractivity contribution in [3.05, 3.63) is 23.7 Å². The first-order valence-corrected chi connectivity index (χ1v) is 4.73. The summed E-state index contributed by atoms with van der Waals surface area (Å²) < 4.78 is 34.7. The molecule has 0 radical (unpaired) electrons. The molecule has 94 valence electrons. The molecule has 0 spiro atoms. The van der Waals surface area contributed by atoms with E-state index in [1.54, 1.807) is 0 Å². The standard InChI is InChI=1S/C11H15NO5/c1-2-17-11(16)9(12)10(15)6-3-4-7(13)8(14)5-6/h3-5,9-10,13-15H,2,12H2,1H3/t9-,10-/m1/s1/i3D,4D,5D,9D. The van der Waals surface area contributed by atoms with Gasteiger partial charge >= 0.3 is 5.97 Å². The first kappa shape index (κ1) is 8.32. The second-order valence-corrected chi connectivity index (χ2v) is 3.06. The summed E-state index contributed by atoms with van der Waals surface area (Å²) in [5.74, 6) is -3.36. The van der Waals surface area contributed by atoms with Crippen LogP contribution in [0.4, 0.5) is 0 Å². The first-order chi connectivity index (χ1) is 9.57. The topological polar surface area (TPSA) is 113 Å². The molecule has 1 rings (SSSR count). The molecule has 0 aliphatic carbocycles. The van der Waals surface area contributed by atoms with E-state index < -0.39 is 53.3 Å². The number of nitrogens with two attached hydrogens (primary N) is 1. The van der Waals surface area contributed by atoms with Gasteiger partial charge in [0.25, 0.3) is 0 Å². The van der Waals surface area contributed by atoms with Crippen LogP contribution in [0.5, 0.6) is 11.5 Å². The summed E-state index contributed by atoms with van der Waals surface area (Å²) in [6.45, 7) is 1.36. The predicted molar refractivity (Wildman–Crippen MR) is 59.3 cm³/mol. The van der Waals surface area contributed by atoms with Gasteiger partial charge in [-0.2, -0.15) is 0 Å². The molecule has 0 bridgehead atoms. The van der Waals surface area contributed by atoms with Crippen LogP contribution < -0.4 is 5.73 Å². The van der Waals surface area contributed by atoms with Crippen molar-refractivity contribution >= 4 is 5.97 Å². The highest BCUT2D eigenvalue weighted by molar-refractivity contribution is 5.76. The molecular weight excluding hydrogens is 226 g/mol. The van der Waals surface area contributed by atoms with Gasteiger partial charge in [-0.05, 0) is 24.6 Å². The number of esters is 1. The number of carbonyl (C=O) groups excluding carboxylic acids is 1. The maximum absolute atomic E-state index is 11.6. The molecule has 2 atom stereocenters. The molecule has 1 aromatic carbocycles. The molecule has 0 heterocycles. The molecule has 17 heavy (non-hydrogen) atoms. The van der Waals surface area contributed by atoms with E-state index in [-0.39, 0.29) is 6.61 Å². The Bertz CT molecular complexity index is 549. The Hall–Kier alpha value is -1.79. The first-order valence-electron chi connectivity index (χ1n) is 6.73. The molecule has 6 heteroatoms. The molecule has 0 aliphatic heterocycles. The molecule has 0 aliphatic rings. The van der Waals surface area contributed by atoms with E-state index in [0.717, 1.165) is 0 Å². The molecule has 5 N–H and O–H groups in total. The lowest BCUT2D eigenvalue weighted by Gasteiger charge is -2.17. The third-order valence-electron chi connectivity index (χ3n) is 1.87. The highest BCUT2D eigenvalue weighted by atomic mass is 16.5. The number of benzene rings is 1. The highest BCUT2D eigenvalue weighted by Crippen LogP contribution is 2.28. The Morgan fingerprint density at radius 2 is 2.24 bits per heavy atom. The third kappa shape index (κ3) is 3.08. The smallest absolute Gasteiger partial charge is 0.325 e. The fourth-order valence-electron chi connectivity index (χ4n) is 1.02. The van der Waals surface area contributed by atoms with E-state index in [4.69, 9.17) is 11.2 Å². The molecular formula is C11H15NO5. The minimum atomic E-state index is -2.74. The maximum Gasteiger partial charge on any atom is 0.325 e. The van der Waals surface area contributed by atoms with Crippen LogP contribution in [0, 0.1) is 0 Å². The van der Waals surface area contributed by atoms with Gasteiger partial charge in [0.15, 0.2) is 11.5 Å². The average Bonchev–Trinajstić information content (AvgIpc) is 2.43. The van der Waals surface area contributed by atoms with E-state index in [1.165, 1.54) is 6.92 Å². The Morgan fingerprint density at radius 3 is 2.82 bits per heavy atom. The van der Waals surface area contributed by atoms with Crippen molar-refractivity contribution in [3.63, 3.8) is 0 Å². The summed E-state index contributed by atoms with van der Waals surface area (Å²) in [7, 11) is 0. The SMILES string of the molecule is [2H]c1c([2H])c([C@@H](O)[C@@]([2H])(N)C(=O)OCC)c([2H])c(O)c1O. The lowest BCUT2D eigenvalue weighted by atomic mass is 10.0. The van der Waals surface area contributed by atoms with Gasteiger partial charge in [-0.3, -0.25) is 4.79 Å². The number of phenols is 2. The van der Waals surface area contributed by atoms with E-state index in [2.05, 4.69) is 4.74 Å². The fourth-order valence-corrected chi connectivity index (χ4v) is 1.02. The summed E-state index contributed by atoms with van der Waals surface area (Å²) in [6, 6.07) is -5.32. The van der Waals surface area contributed by atoms with Crippen molar-refractivity contribution in [2.45, 2.75) is 19.0 Å². The van der Waals surface area contributed by atoms with Crippen molar-refractivity contribution in [1.29, 1.82) is 0 Å². The number of hydrogen-bond acceptors (Lipinski definition) is 6. The molecule has 0 amide bonds. The second-order valence-electron chi connectivity index (χ2n) is 3.06. The fraction of sp³-hybridized carbons (Fsp3) is 0.364. The number of rotatable bonds is 4. The number of phenolic OH excluding ortho intramolecular Hbond substituents is 2. The van der Waals surface area contributed by atoms with E-state index in [1.807, 2.05) is 0 Å². The van der Waals surface area contributed by atoms with Crippen molar-refractivity contribution in [2.75, 3.05) is 6.61 Å². The Morgan fingerprint density at radius 1 is 1.59 bits per heavy atom. The lowest BCUT2D eigenvalue weighted by Crippen LogP contribution is -2.38. The predicted octanol–water partition coefficient (Wildman–Crippen LogP) is 0.0216. The minimum absolute atomic E-state index is 0.102. The van der Waals surface area contributed by atoms with Gasteiger partial charge in [-0.15, -0.1) is 0 Å². The van der Waals surface area contributed by atoms with E-state index >= 15 is 0 Å². The number of carbonyl (C=O) groups is 1. The normalized spacial score (nSPS) is 19.2. The van der Waals surface area contributed by atoms with Crippen molar-refractivity contribution in [2.24, 2.45) is 5.73 Å². The van der Waals surface area contributed by atoms with Gasteiger partial charge in [0.2, 0.25) is 0 Å². The maximum atomic E-state index is 11.6. The zero-order chi connectivity index (χ0) is 16.5. The Labute approximate surface area is 104 Å². The van der Waals surface area contributed by atoms with Crippen molar-refractivity contribution < 1.29 is 30.3 Å². The zero-order valence-corrected chi connectivity index (χ0v) is 9.02. The Balaban J connectivity index is 3.44. The van der Waals surface area contributed by atoms with Gasteiger partial charge in [-0.1, -0.05) is 6.04 Å². The van der Waals surface area contributed by atoms with Crippen molar-refractivity contribution in [1.82, 2.24) is 0 Å². The minimum Gasteiger partial charge on any atom is -0.504 e. The van der Waals surface area contributed by atoms with Crippen LogP contribution >= 0.6 is 0 Å². The number of ether oxygens (including phenoxy) is 1. The summed E-state index contributed by atoms with van der Waals surface area (Å²) in [6.07, 6.45) is -2.20. The monoisotopic (exact) mass is 245 g/mol. The quantitative estimate of drug-likeness (QED) is 0.439. The zero-order valence-electron chi connectivity index (χ0n) is 13.0. The largest absolute Gasteiger partial charge is 0.504 e. The summed E-state index contributed by atoms with van der Waals surface area (Å²) in [5.41, 5.74) is 4.65. The van der Waals surface area contributed by atoms with Crippen LogP contribution in [0.3, 0.4) is 0 Å². The van der Waals surface area contributed by atoms with Gasteiger partial charge in [-0.25, -0.2) is 0 Å². The van der Waals surface area contributed by atoms with Crippen LogP contribution in [0.25, 0.3) is 0 Å². The molecule has 0 aromatic heterocycles. The Kier molecular flexibility index (Phi) is 2.70. The number of hydrogen-bond donors (Lipinski definition) is 4. The van der Waals surface area contributed by atoms with Crippen molar-refractivity contribution in [3.8, 4) is 11.5 Å². The number of aromatic hydroxyl groups is 2.